The first-order valence-corrected chi connectivity index (χ1v) is 4.36. The summed E-state index contributed by atoms with van der Waals surface area (Å²) < 4.78 is 35.6. The molecule has 0 amide bonds. The Morgan fingerprint density at radius 3 is 2.73 bits per heavy atom. The van der Waals surface area contributed by atoms with E-state index in [1.165, 1.54) is 18.3 Å². The molecule has 0 saturated carbocycles. The van der Waals surface area contributed by atoms with Gasteiger partial charge >= 0.3 is 6.18 Å². The van der Waals surface area contributed by atoms with E-state index in [0.717, 1.165) is 0 Å². The molecular weight excluding hydrogens is 227 g/mol. The Kier molecular flexibility index (Phi) is 3.46. The quantitative estimate of drug-likeness (QED) is 0.783. The predicted octanol–water partition coefficient (Wildman–Crippen LogP) is 1.69. The molecular formula is C8H8F3N3S. The van der Waals surface area contributed by atoms with Crippen LogP contribution in [0.5, 0.6) is 0 Å². The van der Waals surface area contributed by atoms with Crippen molar-refractivity contribution in [2.75, 3.05) is 11.9 Å². The average molecular weight is 235 g/mol. The fourth-order valence-electron chi connectivity index (χ4n) is 0.878. The topological polar surface area (TPSA) is 50.9 Å². The maximum atomic E-state index is 11.9. The Morgan fingerprint density at radius 1 is 1.53 bits per heavy atom. The van der Waals surface area contributed by atoms with E-state index in [1.54, 1.807) is 0 Å². The van der Waals surface area contributed by atoms with Crippen LogP contribution >= 0.6 is 12.2 Å². The maximum Gasteiger partial charge on any atom is 0.405 e. The van der Waals surface area contributed by atoms with Gasteiger partial charge in [-0.1, -0.05) is 12.2 Å². The standard InChI is InChI=1S/C8H8F3N3S/c9-8(10,11)4-14-5-1-2-13-6(3-5)7(12)15/h1-3H,4H2,(H2,12,15)(H,13,14). The van der Waals surface area contributed by atoms with Gasteiger partial charge in [0, 0.05) is 11.9 Å². The molecule has 3 N–H and O–H groups in total. The van der Waals surface area contributed by atoms with Crippen molar-refractivity contribution in [3.8, 4) is 0 Å². The smallest absolute Gasteiger partial charge is 0.388 e. The lowest BCUT2D eigenvalue weighted by atomic mass is 10.3. The molecule has 0 aliphatic rings. The largest absolute Gasteiger partial charge is 0.405 e. The van der Waals surface area contributed by atoms with Gasteiger partial charge in [-0.15, -0.1) is 0 Å². The van der Waals surface area contributed by atoms with Crippen molar-refractivity contribution in [3.05, 3.63) is 24.0 Å². The summed E-state index contributed by atoms with van der Waals surface area (Å²) in [6, 6.07) is 2.78. The summed E-state index contributed by atoms with van der Waals surface area (Å²) in [4.78, 5) is 3.84. The van der Waals surface area contributed by atoms with E-state index in [-0.39, 0.29) is 16.4 Å². The van der Waals surface area contributed by atoms with Crippen LogP contribution in [0.2, 0.25) is 0 Å². The molecule has 0 aliphatic carbocycles. The Balaban J connectivity index is 2.70. The Bertz CT molecular complexity index is 364. The molecule has 0 radical (unpaired) electrons. The zero-order valence-corrected chi connectivity index (χ0v) is 8.32. The first kappa shape index (κ1) is 11.7. The van der Waals surface area contributed by atoms with Crippen molar-refractivity contribution < 1.29 is 13.2 Å². The Morgan fingerprint density at radius 2 is 2.20 bits per heavy atom. The second-order valence-electron chi connectivity index (χ2n) is 2.76. The van der Waals surface area contributed by atoms with Crippen molar-refractivity contribution in [2.45, 2.75) is 6.18 Å². The molecule has 1 rings (SSSR count). The van der Waals surface area contributed by atoms with Crippen LogP contribution < -0.4 is 11.1 Å². The number of pyridine rings is 1. The molecule has 1 aromatic rings. The fourth-order valence-corrected chi connectivity index (χ4v) is 0.989. The maximum absolute atomic E-state index is 11.9. The van der Waals surface area contributed by atoms with Gasteiger partial charge in [0.1, 0.15) is 11.5 Å². The molecule has 1 aromatic heterocycles. The van der Waals surface area contributed by atoms with Gasteiger partial charge in [0.25, 0.3) is 0 Å². The van der Waals surface area contributed by atoms with Crippen LogP contribution in [0, 0.1) is 0 Å². The second kappa shape index (κ2) is 4.43. The minimum Gasteiger partial charge on any atom is -0.388 e. The fraction of sp³-hybridized carbons (Fsp3) is 0.250. The van der Waals surface area contributed by atoms with Crippen molar-refractivity contribution >= 4 is 22.9 Å². The molecule has 3 nitrogen and oxygen atoms in total. The molecule has 0 atom stereocenters. The molecule has 0 bridgehead atoms. The first-order valence-electron chi connectivity index (χ1n) is 3.95. The van der Waals surface area contributed by atoms with Gasteiger partial charge in [0.15, 0.2) is 0 Å². The lowest BCUT2D eigenvalue weighted by Crippen LogP contribution is -2.21. The number of aromatic nitrogens is 1. The molecule has 0 aromatic carbocycles. The molecule has 0 fully saturated rings. The number of thiocarbonyl (C=S) groups is 1. The number of hydrogen-bond acceptors (Lipinski definition) is 3. The lowest BCUT2D eigenvalue weighted by molar-refractivity contribution is -0.115. The lowest BCUT2D eigenvalue weighted by Gasteiger charge is -2.09. The molecule has 15 heavy (non-hydrogen) atoms. The monoisotopic (exact) mass is 235 g/mol. The molecule has 0 saturated heterocycles. The van der Waals surface area contributed by atoms with E-state index in [0.29, 0.717) is 0 Å². The molecule has 0 spiro atoms. The number of hydrogen-bond donors (Lipinski definition) is 2. The van der Waals surface area contributed by atoms with Gasteiger partial charge in [-0.3, -0.25) is 4.98 Å². The SMILES string of the molecule is NC(=S)c1cc(NCC(F)(F)F)ccn1. The van der Waals surface area contributed by atoms with Crippen LogP contribution in [0.3, 0.4) is 0 Å². The Hall–Kier alpha value is -1.37. The summed E-state index contributed by atoms with van der Waals surface area (Å²) in [5, 5.41) is 2.20. The van der Waals surface area contributed by atoms with Crippen LogP contribution in [0.25, 0.3) is 0 Å². The number of rotatable bonds is 3. The van der Waals surface area contributed by atoms with Crippen LogP contribution in [0.15, 0.2) is 18.3 Å². The predicted molar refractivity (Wildman–Crippen MR) is 54.7 cm³/mol. The third-order valence-electron chi connectivity index (χ3n) is 1.51. The summed E-state index contributed by atoms with van der Waals surface area (Å²) in [6.07, 6.45) is -2.92. The zero-order valence-electron chi connectivity index (χ0n) is 7.51. The number of nitrogens with zero attached hydrogens (tertiary/aromatic N) is 1. The summed E-state index contributed by atoms with van der Waals surface area (Å²) in [7, 11) is 0. The van der Waals surface area contributed by atoms with E-state index in [4.69, 9.17) is 5.73 Å². The third-order valence-corrected chi connectivity index (χ3v) is 1.71. The minimum atomic E-state index is -4.26. The number of halogens is 3. The van der Waals surface area contributed by atoms with Gasteiger partial charge in [-0.05, 0) is 12.1 Å². The summed E-state index contributed by atoms with van der Waals surface area (Å²) >= 11 is 4.64. The zero-order chi connectivity index (χ0) is 11.5. The van der Waals surface area contributed by atoms with E-state index in [9.17, 15) is 13.2 Å². The van der Waals surface area contributed by atoms with E-state index in [1.807, 2.05) is 0 Å². The van der Waals surface area contributed by atoms with Crippen LogP contribution in [0.1, 0.15) is 5.69 Å². The Labute approximate surface area is 89.5 Å². The van der Waals surface area contributed by atoms with Crippen molar-refractivity contribution in [1.29, 1.82) is 0 Å². The molecule has 7 heteroatoms. The van der Waals surface area contributed by atoms with Gasteiger partial charge in [0.2, 0.25) is 0 Å². The number of anilines is 1. The third kappa shape index (κ3) is 4.11. The van der Waals surface area contributed by atoms with Gasteiger partial charge in [0.05, 0.1) is 5.69 Å². The summed E-state index contributed by atoms with van der Waals surface area (Å²) in [5.74, 6) is 0. The number of nitrogens with one attached hydrogen (secondary N) is 1. The van der Waals surface area contributed by atoms with Crippen LogP contribution in [0.4, 0.5) is 18.9 Å². The van der Waals surface area contributed by atoms with Crippen LogP contribution in [-0.2, 0) is 0 Å². The molecule has 82 valence electrons. The van der Waals surface area contributed by atoms with Crippen molar-refractivity contribution in [1.82, 2.24) is 4.98 Å². The van der Waals surface area contributed by atoms with Gasteiger partial charge in [-0.25, -0.2) is 0 Å². The second-order valence-corrected chi connectivity index (χ2v) is 3.20. The van der Waals surface area contributed by atoms with Gasteiger partial charge in [-0.2, -0.15) is 13.2 Å². The molecule has 0 aliphatic heterocycles. The minimum absolute atomic E-state index is 0.0469. The first-order chi connectivity index (χ1) is 6.88. The number of nitrogens with two attached hydrogens (primary N) is 1. The highest BCUT2D eigenvalue weighted by Crippen LogP contribution is 2.16. The normalized spacial score (nSPS) is 11.1. The number of alkyl halides is 3. The van der Waals surface area contributed by atoms with E-state index < -0.39 is 12.7 Å². The molecule has 1 heterocycles. The highest BCUT2D eigenvalue weighted by atomic mass is 32.1. The van der Waals surface area contributed by atoms with Crippen molar-refractivity contribution in [2.24, 2.45) is 5.73 Å². The van der Waals surface area contributed by atoms with Gasteiger partial charge < -0.3 is 11.1 Å². The van der Waals surface area contributed by atoms with E-state index >= 15 is 0 Å². The summed E-state index contributed by atoms with van der Waals surface area (Å²) in [6.45, 7) is -1.10. The molecule has 0 unspecified atom stereocenters. The van der Waals surface area contributed by atoms with E-state index in [2.05, 4.69) is 22.5 Å². The average Bonchev–Trinajstić information content (AvgIpc) is 2.14. The van der Waals surface area contributed by atoms with Crippen LogP contribution in [-0.4, -0.2) is 22.7 Å². The van der Waals surface area contributed by atoms with Crippen molar-refractivity contribution in [3.63, 3.8) is 0 Å². The highest BCUT2D eigenvalue weighted by Gasteiger charge is 2.26. The highest BCUT2D eigenvalue weighted by molar-refractivity contribution is 7.80. The summed E-state index contributed by atoms with van der Waals surface area (Å²) in [5.41, 5.74) is 5.86.